The van der Waals surface area contributed by atoms with Gasteiger partial charge < -0.3 is 9.47 Å². The van der Waals surface area contributed by atoms with E-state index in [-0.39, 0.29) is 5.97 Å². The molecule has 0 heterocycles. The van der Waals surface area contributed by atoms with Crippen LogP contribution in [0.15, 0.2) is 0 Å². The Bertz CT molecular complexity index is 168. The minimum atomic E-state index is -0.450. The number of ether oxygens (including phenoxy) is 2. The van der Waals surface area contributed by atoms with Crippen molar-refractivity contribution in [3.8, 4) is 0 Å². The molecule has 15 heavy (non-hydrogen) atoms. The quantitative estimate of drug-likeness (QED) is 0.585. The molecule has 2 atom stereocenters. The average Bonchev–Trinajstić information content (AvgIpc) is 2.27. The van der Waals surface area contributed by atoms with E-state index < -0.39 is 6.10 Å². The van der Waals surface area contributed by atoms with Crippen molar-refractivity contribution in [2.75, 3.05) is 13.7 Å². The molecule has 0 saturated heterocycles. The molecule has 0 rings (SSSR count). The number of unbranched alkanes of at least 4 members (excludes halogenated alkanes) is 1. The van der Waals surface area contributed by atoms with Crippen LogP contribution in [-0.2, 0) is 14.3 Å². The predicted molar refractivity (Wildman–Crippen MR) is 60.7 cm³/mol. The van der Waals surface area contributed by atoms with Gasteiger partial charge in [-0.15, -0.1) is 0 Å². The van der Waals surface area contributed by atoms with Gasteiger partial charge in [0, 0.05) is 7.11 Å². The molecule has 0 spiro atoms. The van der Waals surface area contributed by atoms with Crippen LogP contribution in [0.25, 0.3) is 0 Å². The van der Waals surface area contributed by atoms with Crippen LogP contribution in [0.2, 0.25) is 0 Å². The van der Waals surface area contributed by atoms with Gasteiger partial charge in [0.15, 0.2) is 6.10 Å². The van der Waals surface area contributed by atoms with Gasteiger partial charge >= 0.3 is 5.97 Å². The van der Waals surface area contributed by atoms with Gasteiger partial charge in [0.25, 0.3) is 0 Å². The SMILES string of the molecule is CCCCC(CC)COC(=O)C(C)OC. The van der Waals surface area contributed by atoms with Gasteiger partial charge in [-0.3, -0.25) is 0 Å². The van der Waals surface area contributed by atoms with Crippen molar-refractivity contribution in [1.82, 2.24) is 0 Å². The molecule has 0 amide bonds. The van der Waals surface area contributed by atoms with Crippen LogP contribution < -0.4 is 0 Å². The Morgan fingerprint density at radius 3 is 2.47 bits per heavy atom. The van der Waals surface area contributed by atoms with Crippen molar-refractivity contribution in [2.24, 2.45) is 5.92 Å². The summed E-state index contributed by atoms with van der Waals surface area (Å²) < 4.78 is 10.1. The summed E-state index contributed by atoms with van der Waals surface area (Å²) in [4.78, 5) is 11.3. The molecule has 0 aliphatic carbocycles. The minimum absolute atomic E-state index is 0.257. The van der Waals surface area contributed by atoms with Gasteiger partial charge in [-0.2, -0.15) is 0 Å². The monoisotopic (exact) mass is 216 g/mol. The highest BCUT2D eigenvalue weighted by Gasteiger charge is 2.15. The Morgan fingerprint density at radius 2 is 2.00 bits per heavy atom. The highest BCUT2D eigenvalue weighted by atomic mass is 16.6. The van der Waals surface area contributed by atoms with Crippen LogP contribution >= 0.6 is 0 Å². The van der Waals surface area contributed by atoms with E-state index in [0.29, 0.717) is 12.5 Å². The van der Waals surface area contributed by atoms with Crippen molar-refractivity contribution < 1.29 is 14.3 Å². The lowest BCUT2D eigenvalue weighted by atomic mass is 10.0. The van der Waals surface area contributed by atoms with Gasteiger partial charge in [-0.25, -0.2) is 4.79 Å². The molecular weight excluding hydrogens is 192 g/mol. The predicted octanol–water partition coefficient (Wildman–Crippen LogP) is 2.78. The smallest absolute Gasteiger partial charge is 0.334 e. The molecule has 90 valence electrons. The number of esters is 1. The van der Waals surface area contributed by atoms with Gasteiger partial charge in [0.1, 0.15) is 0 Å². The Hall–Kier alpha value is -0.570. The molecule has 3 nitrogen and oxygen atoms in total. The zero-order chi connectivity index (χ0) is 11.7. The van der Waals surface area contributed by atoms with Crippen molar-refractivity contribution in [2.45, 2.75) is 52.6 Å². The summed E-state index contributed by atoms with van der Waals surface area (Å²) in [5.41, 5.74) is 0. The standard InChI is InChI=1S/C12H24O3/c1-5-7-8-11(6-2)9-15-12(13)10(3)14-4/h10-11H,5-9H2,1-4H3. The fourth-order valence-corrected chi connectivity index (χ4v) is 1.31. The first kappa shape index (κ1) is 14.4. The normalized spacial score (nSPS) is 14.7. The van der Waals surface area contributed by atoms with Crippen molar-refractivity contribution in [1.29, 1.82) is 0 Å². The third kappa shape index (κ3) is 6.50. The van der Waals surface area contributed by atoms with Gasteiger partial charge in [0.05, 0.1) is 6.61 Å². The third-order valence-corrected chi connectivity index (χ3v) is 2.69. The van der Waals surface area contributed by atoms with Gasteiger partial charge in [-0.05, 0) is 19.3 Å². The first-order valence-corrected chi connectivity index (χ1v) is 5.85. The van der Waals surface area contributed by atoms with E-state index >= 15 is 0 Å². The fraction of sp³-hybridized carbons (Fsp3) is 0.917. The molecule has 0 aliphatic heterocycles. The van der Waals surface area contributed by atoms with Crippen LogP contribution in [0.4, 0.5) is 0 Å². The Balaban J connectivity index is 3.74. The average molecular weight is 216 g/mol. The molecule has 0 bridgehead atoms. The van der Waals surface area contributed by atoms with E-state index in [1.54, 1.807) is 6.92 Å². The summed E-state index contributed by atoms with van der Waals surface area (Å²) >= 11 is 0. The van der Waals surface area contributed by atoms with E-state index in [1.165, 1.54) is 20.0 Å². The molecule has 0 aromatic rings. The van der Waals surface area contributed by atoms with Crippen LogP contribution in [0.1, 0.15) is 46.5 Å². The maximum atomic E-state index is 11.3. The van der Waals surface area contributed by atoms with Crippen molar-refractivity contribution in [3.63, 3.8) is 0 Å². The molecule has 0 radical (unpaired) electrons. The number of hydrogen-bond donors (Lipinski definition) is 0. The Labute approximate surface area is 93.1 Å². The summed E-state index contributed by atoms with van der Waals surface area (Å²) in [6.07, 6.45) is 4.15. The Morgan fingerprint density at radius 1 is 1.33 bits per heavy atom. The van der Waals surface area contributed by atoms with Crippen LogP contribution in [0, 0.1) is 5.92 Å². The summed E-state index contributed by atoms with van der Waals surface area (Å²) in [6.45, 7) is 6.54. The van der Waals surface area contributed by atoms with Crippen molar-refractivity contribution in [3.05, 3.63) is 0 Å². The van der Waals surface area contributed by atoms with Crippen LogP contribution in [0.3, 0.4) is 0 Å². The number of hydrogen-bond acceptors (Lipinski definition) is 3. The zero-order valence-corrected chi connectivity index (χ0v) is 10.4. The fourth-order valence-electron chi connectivity index (χ4n) is 1.31. The van der Waals surface area contributed by atoms with E-state index in [0.717, 1.165) is 12.8 Å². The molecule has 2 unspecified atom stereocenters. The lowest BCUT2D eigenvalue weighted by Gasteiger charge is -2.16. The Kier molecular flexibility index (Phi) is 8.38. The molecule has 0 aromatic carbocycles. The van der Waals surface area contributed by atoms with E-state index in [2.05, 4.69) is 13.8 Å². The minimum Gasteiger partial charge on any atom is -0.463 e. The topological polar surface area (TPSA) is 35.5 Å². The first-order chi connectivity index (χ1) is 7.15. The van der Waals surface area contributed by atoms with Crippen molar-refractivity contribution >= 4 is 5.97 Å². The highest BCUT2D eigenvalue weighted by molar-refractivity contribution is 5.74. The summed E-state index contributed by atoms with van der Waals surface area (Å²) in [5.74, 6) is 0.241. The number of rotatable bonds is 8. The number of methoxy groups -OCH3 is 1. The summed E-state index contributed by atoms with van der Waals surface area (Å²) in [5, 5.41) is 0. The zero-order valence-electron chi connectivity index (χ0n) is 10.4. The molecule has 0 aromatic heterocycles. The molecular formula is C12H24O3. The molecule has 0 aliphatic rings. The number of carbonyl (C=O) groups is 1. The van der Waals surface area contributed by atoms with E-state index in [4.69, 9.17) is 9.47 Å². The molecule has 0 saturated carbocycles. The molecule has 0 fully saturated rings. The maximum Gasteiger partial charge on any atom is 0.334 e. The largest absolute Gasteiger partial charge is 0.463 e. The first-order valence-electron chi connectivity index (χ1n) is 5.85. The lowest BCUT2D eigenvalue weighted by Crippen LogP contribution is -2.24. The van der Waals surface area contributed by atoms with E-state index in [1.807, 2.05) is 0 Å². The maximum absolute atomic E-state index is 11.3. The van der Waals surface area contributed by atoms with E-state index in [9.17, 15) is 4.79 Å². The molecule has 3 heteroatoms. The lowest BCUT2D eigenvalue weighted by molar-refractivity contribution is -0.155. The second-order valence-corrected chi connectivity index (χ2v) is 3.92. The summed E-state index contributed by atoms with van der Waals surface area (Å²) in [7, 11) is 1.51. The second kappa shape index (κ2) is 8.72. The van der Waals surface area contributed by atoms with Crippen LogP contribution in [-0.4, -0.2) is 25.8 Å². The summed E-state index contributed by atoms with van der Waals surface area (Å²) in [6, 6.07) is 0. The molecule has 0 N–H and O–H groups in total. The third-order valence-electron chi connectivity index (χ3n) is 2.69. The number of carbonyl (C=O) groups excluding carboxylic acids is 1. The van der Waals surface area contributed by atoms with Gasteiger partial charge in [-0.1, -0.05) is 33.1 Å². The second-order valence-electron chi connectivity index (χ2n) is 3.92. The van der Waals surface area contributed by atoms with Gasteiger partial charge in [0.2, 0.25) is 0 Å². The van der Waals surface area contributed by atoms with Crippen LogP contribution in [0.5, 0.6) is 0 Å². The highest BCUT2D eigenvalue weighted by Crippen LogP contribution is 2.13.